The van der Waals surface area contributed by atoms with Gasteiger partial charge in [-0.3, -0.25) is 4.90 Å². The lowest BCUT2D eigenvalue weighted by Gasteiger charge is -2.17. The van der Waals surface area contributed by atoms with Crippen molar-refractivity contribution in [3.63, 3.8) is 0 Å². The minimum Gasteiger partial charge on any atom is -0.496 e. The number of methoxy groups -OCH3 is 1. The minimum atomic E-state index is 0.700. The van der Waals surface area contributed by atoms with Crippen LogP contribution in [0.5, 0.6) is 5.75 Å². The van der Waals surface area contributed by atoms with Crippen LogP contribution in [-0.2, 0) is 6.54 Å². The predicted octanol–water partition coefficient (Wildman–Crippen LogP) is 2.65. The Labute approximate surface area is 109 Å². The van der Waals surface area contributed by atoms with Crippen LogP contribution in [0.15, 0.2) is 18.2 Å². The summed E-state index contributed by atoms with van der Waals surface area (Å²) in [5.41, 5.74) is 1.81. The van der Waals surface area contributed by atoms with E-state index < -0.39 is 0 Å². The van der Waals surface area contributed by atoms with Gasteiger partial charge >= 0.3 is 0 Å². The molecule has 0 aliphatic carbocycles. The quantitative estimate of drug-likeness (QED) is 0.820. The molecule has 0 aromatic heterocycles. The molecule has 0 amide bonds. The Morgan fingerprint density at radius 3 is 2.56 bits per heavy atom. The van der Waals surface area contributed by atoms with E-state index in [0.717, 1.165) is 42.8 Å². The highest BCUT2D eigenvalue weighted by molar-refractivity contribution is 5.42. The predicted molar refractivity (Wildman–Crippen MR) is 71.3 cm³/mol. The zero-order chi connectivity index (χ0) is 13.1. The lowest BCUT2D eigenvalue weighted by Crippen LogP contribution is -2.20. The number of hydrogen-bond acceptors (Lipinski definition) is 3. The average Bonchev–Trinajstić information content (AvgIpc) is 2.68. The summed E-state index contributed by atoms with van der Waals surface area (Å²) in [6, 6.07) is 7.81. The van der Waals surface area contributed by atoms with Gasteiger partial charge in [0.25, 0.3) is 0 Å². The molecule has 1 saturated heterocycles. The summed E-state index contributed by atoms with van der Waals surface area (Å²) in [6.45, 7) is 7.72. The van der Waals surface area contributed by atoms with Crippen molar-refractivity contribution in [2.45, 2.75) is 20.4 Å². The molecular weight excluding hydrogens is 224 g/mol. The molecule has 0 saturated carbocycles. The van der Waals surface area contributed by atoms with Crippen LogP contribution >= 0.6 is 0 Å². The first kappa shape index (κ1) is 12.9. The Hall–Kier alpha value is -1.53. The summed E-state index contributed by atoms with van der Waals surface area (Å²) in [4.78, 5) is 2.44. The van der Waals surface area contributed by atoms with Crippen LogP contribution in [0.3, 0.4) is 0 Å². The van der Waals surface area contributed by atoms with Gasteiger partial charge in [0.1, 0.15) is 5.75 Å². The number of likely N-dealkylation sites (tertiary alicyclic amines) is 1. The molecule has 96 valence electrons. The molecule has 0 N–H and O–H groups in total. The maximum atomic E-state index is 8.97. The molecule has 18 heavy (non-hydrogen) atoms. The van der Waals surface area contributed by atoms with Crippen molar-refractivity contribution in [1.82, 2.24) is 4.90 Å². The Balaban J connectivity index is 2.15. The summed E-state index contributed by atoms with van der Waals surface area (Å²) in [5, 5.41) is 8.97. The van der Waals surface area contributed by atoms with E-state index in [4.69, 9.17) is 10.00 Å². The van der Waals surface area contributed by atoms with Crippen LogP contribution in [0, 0.1) is 23.2 Å². The van der Waals surface area contributed by atoms with Crippen molar-refractivity contribution < 1.29 is 4.74 Å². The third kappa shape index (κ3) is 2.65. The highest BCUT2D eigenvalue weighted by Gasteiger charge is 2.26. The van der Waals surface area contributed by atoms with Gasteiger partial charge in [-0.15, -0.1) is 0 Å². The molecule has 2 unspecified atom stereocenters. The zero-order valence-corrected chi connectivity index (χ0v) is 11.3. The van der Waals surface area contributed by atoms with E-state index in [1.807, 2.05) is 12.1 Å². The van der Waals surface area contributed by atoms with Gasteiger partial charge in [0.2, 0.25) is 0 Å². The van der Waals surface area contributed by atoms with E-state index >= 15 is 0 Å². The highest BCUT2D eigenvalue weighted by Crippen LogP contribution is 2.27. The van der Waals surface area contributed by atoms with E-state index in [-0.39, 0.29) is 0 Å². The van der Waals surface area contributed by atoms with Gasteiger partial charge in [-0.25, -0.2) is 0 Å². The molecule has 0 radical (unpaired) electrons. The second-order valence-corrected chi connectivity index (χ2v) is 5.29. The standard InChI is InChI=1S/C15H20N2O/c1-11-8-17(9-12(11)2)10-14-6-13(7-16)4-5-15(14)18-3/h4-6,11-12H,8-10H2,1-3H3. The molecule has 2 rings (SSSR count). The van der Waals surface area contributed by atoms with Crippen molar-refractivity contribution >= 4 is 0 Å². The van der Waals surface area contributed by atoms with E-state index in [1.165, 1.54) is 0 Å². The lowest BCUT2D eigenvalue weighted by molar-refractivity contribution is 0.307. The van der Waals surface area contributed by atoms with Crippen molar-refractivity contribution in [1.29, 1.82) is 5.26 Å². The largest absolute Gasteiger partial charge is 0.496 e. The molecule has 1 aliphatic rings. The van der Waals surface area contributed by atoms with Gasteiger partial charge in [-0.05, 0) is 30.0 Å². The smallest absolute Gasteiger partial charge is 0.123 e. The summed E-state index contributed by atoms with van der Waals surface area (Å²) in [7, 11) is 1.68. The van der Waals surface area contributed by atoms with Gasteiger partial charge in [-0.1, -0.05) is 13.8 Å². The van der Waals surface area contributed by atoms with E-state index in [1.54, 1.807) is 13.2 Å². The van der Waals surface area contributed by atoms with E-state index in [2.05, 4.69) is 24.8 Å². The van der Waals surface area contributed by atoms with E-state index in [0.29, 0.717) is 5.56 Å². The fourth-order valence-electron chi connectivity index (χ4n) is 2.59. The first-order valence-electron chi connectivity index (χ1n) is 6.43. The second-order valence-electron chi connectivity index (χ2n) is 5.29. The van der Waals surface area contributed by atoms with Gasteiger partial charge in [-0.2, -0.15) is 5.26 Å². The summed E-state index contributed by atoms with van der Waals surface area (Å²) < 4.78 is 5.37. The summed E-state index contributed by atoms with van der Waals surface area (Å²) >= 11 is 0. The number of ether oxygens (including phenoxy) is 1. The van der Waals surface area contributed by atoms with Gasteiger partial charge in [0.05, 0.1) is 18.7 Å². The van der Waals surface area contributed by atoms with Crippen LogP contribution < -0.4 is 4.74 Å². The number of nitriles is 1. The van der Waals surface area contributed by atoms with Crippen LogP contribution in [0.2, 0.25) is 0 Å². The first-order chi connectivity index (χ1) is 8.63. The molecule has 1 fully saturated rings. The molecule has 3 heteroatoms. The fraction of sp³-hybridized carbons (Fsp3) is 0.533. The van der Waals surface area contributed by atoms with Crippen LogP contribution in [0.1, 0.15) is 25.0 Å². The maximum Gasteiger partial charge on any atom is 0.123 e. The first-order valence-corrected chi connectivity index (χ1v) is 6.43. The highest BCUT2D eigenvalue weighted by atomic mass is 16.5. The Morgan fingerprint density at radius 1 is 1.33 bits per heavy atom. The topological polar surface area (TPSA) is 36.3 Å². The number of rotatable bonds is 3. The van der Waals surface area contributed by atoms with Crippen LogP contribution in [-0.4, -0.2) is 25.1 Å². The Morgan fingerprint density at radius 2 is 2.00 bits per heavy atom. The number of hydrogen-bond donors (Lipinski definition) is 0. The molecule has 3 nitrogen and oxygen atoms in total. The van der Waals surface area contributed by atoms with Crippen molar-refractivity contribution in [3.05, 3.63) is 29.3 Å². The number of benzene rings is 1. The SMILES string of the molecule is COc1ccc(C#N)cc1CN1CC(C)C(C)C1. The van der Waals surface area contributed by atoms with Crippen LogP contribution in [0.4, 0.5) is 0 Å². The summed E-state index contributed by atoms with van der Waals surface area (Å²) in [5.74, 6) is 2.37. The Kier molecular flexibility index (Phi) is 3.88. The fourth-order valence-corrected chi connectivity index (χ4v) is 2.59. The molecular formula is C15H20N2O. The molecule has 1 aromatic rings. The number of nitrogens with zero attached hydrogens (tertiary/aromatic N) is 2. The monoisotopic (exact) mass is 244 g/mol. The van der Waals surface area contributed by atoms with E-state index in [9.17, 15) is 0 Å². The molecule has 1 aliphatic heterocycles. The molecule has 2 atom stereocenters. The van der Waals surface area contributed by atoms with Gasteiger partial charge in [0.15, 0.2) is 0 Å². The molecule has 1 aromatic carbocycles. The van der Waals surface area contributed by atoms with Crippen molar-refractivity contribution in [3.8, 4) is 11.8 Å². The lowest BCUT2D eigenvalue weighted by atomic mass is 10.0. The normalized spacial score (nSPS) is 23.9. The molecule has 1 heterocycles. The third-order valence-electron chi connectivity index (χ3n) is 3.87. The minimum absolute atomic E-state index is 0.700. The molecule has 0 bridgehead atoms. The van der Waals surface area contributed by atoms with Crippen LogP contribution in [0.25, 0.3) is 0 Å². The van der Waals surface area contributed by atoms with Crippen molar-refractivity contribution in [2.75, 3.05) is 20.2 Å². The van der Waals surface area contributed by atoms with Crippen molar-refractivity contribution in [2.24, 2.45) is 11.8 Å². The zero-order valence-electron chi connectivity index (χ0n) is 11.3. The third-order valence-corrected chi connectivity index (χ3v) is 3.87. The second kappa shape index (κ2) is 5.41. The van der Waals surface area contributed by atoms with Gasteiger partial charge < -0.3 is 4.74 Å². The summed E-state index contributed by atoms with van der Waals surface area (Å²) in [6.07, 6.45) is 0. The maximum absolute atomic E-state index is 8.97. The molecule has 0 spiro atoms. The van der Waals surface area contributed by atoms with Gasteiger partial charge in [0, 0.05) is 25.2 Å². The Bertz CT molecular complexity index is 454. The average molecular weight is 244 g/mol.